The van der Waals surface area contributed by atoms with E-state index >= 15 is 0 Å². The summed E-state index contributed by atoms with van der Waals surface area (Å²) in [5.74, 6) is -0.412. The first-order chi connectivity index (χ1) is 9.63. The number of aromatic nitrogens is 3. The average Bonchev–Trinajstić information content (AvgIpc) is 2.92. The second-order valence-corrected chi connectivity index (χ2v) is 7.43. The van der Waals surface area contributed by atoms with Gasteiger partial charge in [0.15, 0.2) is 15.5 Å². The fourth-order valence-electron chi connectivity index (χ4n) is 1.87. The molecule has 0 unspecified atom stereocenters. The Balaban J connectivity index is 2.31. The van der Waals surface area contributed by atoms with Crippen LogP contribution in [0.15, 0.2) is 16.6 Å². The van der Waals surface area contributed by atoms with Gasteiger partial charge in [-0.15, -0.1) is 11.3 Å². The molecule has 0 saturated carbocycles. The number of hydrogen-bond donors (Lipinski definition) is 0. The van der Waals surface area contributed by atoms with Gasteiger partial charge in [0.1, 0.15) is 4.90 Å². The molecule has 0 spiro atoms. The van der Waals surface area contributed by atoms with E-state index in [1.165, 1.54) is 11.3 Å². The van der Waals surface area contributed by atoms with E-state index in [1.54, 1.807) is 12.4 Å². The van der Waals surface area contributed by atoms with Gasteiger partial charge in [-0.3, -0.25) is 4.68 Å². The summed E-state index contributed by atoms with van der Waals surface area (Å²) in [5.41, 5.74) is 1.02. The van der Waals surface area contributed by atoms with Gasteiger partial charge in [0, 0.05) is 11.9 Å². The van der Waals surface area contributed by atoms with Crippen LogP contribution in [-0.4, -0.2) is 28.9 Å². The first-order valence-electron chi connectivity index (χ1n) is 5.84. The summed E-state index contributed by atoms with van der Waals surface area (Å²) in [5, 5.41) is 3.42. The zero-order valence-electron chi connectivity index (χ0n) is 11.2. The quantitative estimate of drug-likeness (QED) is 0.857. The van der Waals surface area contributed by atoms with Gasteiger partial charge < -0.3 is 0 Å². The van der Waals surface area contributed by atoms with E-state index in [9.17, 15) is 21.6 Å². The van der Waals surface area contributed by atoms with Crippen LogP contribution in [0.4, 0.5) is 13.2 Å². The van der Waals surface area contributed by atoms with Gasteiger partial charge in [-0.25, -0.2) is 13.4 Å². The second-order valence-electron chi connectivity index (χ2n) is 4.41. The lowest BCUT2D eigenvalue weighted by Gasteiger charge is -2.10. The van der Waals surface area contributed by atoms with Crippen LogP contribution in [0.5, 0.6) is 0 Å². The highest BCUT2D eigenvalue weighted by atomic mass is 32.2. The van der Waals surface area contributed by atoms with Crippen LogP contribution in [0.3, 0.4) is 0 Å². The van der Waals surface area contributed by atoms with Crippen molar-refractivity contribution in [2.24, 2.45) is 7.05 Å². The molecule has 2 aromatic rings. The van der Waals surface area contributed by atoms with E-state index in [2.05, 4.69) is 10.1 Å². The van der Waals surface area contributed by atoms with E-state index in [0.717, 1.165) is 18.1 Å². The van der Waals surface area contributed by atoms with Gasteiger partial charge in [-0.1, -0.05) is 0 Å². The molecule has 0 aliphatic heterocycles. The predicted octanol–water partition coefficient (Wildman–Crippen LogP) is 2.22. The SMILES string of the molecule is Cc1ncsc1CCS(=O)(=O)c1cnn(C)c1C(F)(F)F. The Hall–Kier alpha value is -1.42. The maximum atomic E-state index is 12.9. The molecule has 0 amide bonds. The maximum absolute atomic E-state index is 12.9. The topological polar surface area (TPSA) is 64.8 Å². The summed E-state index contributed by atoms with van der Waals surface area (Å²) in [7, 11) is -3.01. The molecular weight excluding hydrogens is 327 g/mol. The Morgan fingerprint density at radius 1 is 1.38 bits per heavy atom. The van der Waals surface area contributed by atoms with Gasteiger partial charge in [0.2, 0.25) is 0 Å². The summed E-state index contributed by atoms with van der Waals surface area (Å²) in [6.07, 6.45) is -3.89. The summed E-state index contributed by atoms with van der Waals surface area (Å²) >= 11 is 1.28. The number of halogens is 3. The first-order valence-corrected chi connectivity index (χ1v) is 8.37. The van der Waals surface area contributed by atoms with Crippen molar-refractivity contribution in [2.45, 2.75) is 24.4 Å². The molecule has 0 bridgehead atoms. The minimum absolute atomic E-state index is 0.130. The monoisotopic (exact) mass is 339 g/mol. The average molecular weight is 339 g/mol. The van der Waals surface area contributed by atoms with Crippen LogP contribution >= 0.6 is 11.3 Å². The van der Waals surface area contributed by atoms with Crippen LogP contribution in [0.25, 0.3) is 0 Å². The first kappa shape index (κ1) is 16.0. The van der Waals surface area contributed by atoms with Gasteiger partial charge in [0.05, 0.1) is 23.2 Å². The fraction of sp³-hybridized carbons (Fsp3) is 0.455. The largest absolute Gasteiger partial charge is 0.434 e. The standard InChI is InChI=1S/C11H12F3N3O2S2/c1-7-8(20-6-15-7)3-4-21(18,19)9-5-16-17(2)10(9)11(12,13)14/h5-6H,3-4H2,1-2H3. The normalized spacial score (nSPS) is 12.8. The lowest BCUT2D eigenvalue weighted by molar-refractivity contribution is -0.146. The third-order valence-electron chi connectivity index (χ3n) is 2.95. The van der Waals surface area contributed by atoms with Crippen molar-refractivity contribution in [1.82, 2.24) is 14.8 Å². The van der Waals surface area contributed by atoms with Crippen molar-refractivity contribution in [3.8, 4) is 0 Å². The molecule has 0 radical (unpaired) electrons. The molecule has 116 valence electrons. The zero-order chi connectivity index (χ0) is 15.8. The molecule has 0 saturated heterocycles. The van der Waals surface area contributed by atoms with Crippen LogP contribution in [-0.2, 0) is 29.5 Å². The Kier molecular flexibility index (Phi) is 4.11. The smallest absolute Gasteiger partial charge is 0.262 e. The van der Waals surface area contributed by atoms with Gasteiger partial charge in [-0.05, 0) is 13.3 Å². The van der Waals surface area contributed by atoms with Crippen molar-refractivity contribution < 1.29 is 21.6 Å². The molecule has 0 N–H and O–H groups in total. The third kappa shape index (κ3) is 3.26. The number of hydrogen-bond acceptors (Lipinski definition) is 5. The highest BCUT2D eigenvalue weighted by Crippen LogP contribution is 2.34. The molecule has 2 aromatic heterocycles. The molecule has 0 aliphatic rings. The number of rotatable bonds is 4. The van der Waals surface area contributed by atoms with Crippen LogP contribution in [0.2, 0.25) is 0 Å². The Bertz CT molecular complexity index is 747. The summed E-state index contributed by atoms with van der Waals surface area (Å²) < 4.78 is 63.6. The predicted molar refractivity (Wildman–Crippen MR) is 70.8 cm³/mol. The van der Waals surface area contributed by atoms with E-state index in [4.69, 9.17) is 0 Å². The Morgan fingerprint density at radius 3 is 2.57 bits per heavy atom. The molecule has 0 atom stereocenters. The van der Waals surface area contributed by atoms with Crippen molar-refractivity contribution in [3.63, 3.8) is 0 Å². The summed E-state index contributed by atoms with van der Waals surface area (Å²) in [6.45, 7) is 1.73. The van der Waals surface area contributed by atoms with Crippen LogP contribution < -0.4 is 0 Å². The fourth-order valence-corrected chi connectivity index (χ4v) is 4.22. The van der Waals surface area contributed by atoms with Gasteiger partial charge in [-0.2, -0.15) is 18.3 Å². The molecule has 10 heteroatoms. The van der Waals surface area contributed by atoms with Crippen molar-refractivity contribution in [2.75, 3.05) is 5.75 Å². The van der Waals surface area contributed by atoms with Crippen LogP contribution in [0, 0.1) is 6.92 Å². The third-order valence-corrected chi connectivity index (χ3v) is 5.66. The maximum Gasteiger partial charge on any atom is 0.434 e. The Morgan fingerprint density at radius 2 is 2.05 bits per heavy atom. The molecule has 0 aromatic carbocycles. The molecule has 5 nitrogen and oxygen atoms in total. The number of thiazole rings is 1. The van der Waals surface area contributed by atoms with E-state index in [0.29, 0.717) is 10.4 Å². The zero-order valence-corrected chi connectivity index (χ0v) is 12.8. The van der Waals surface area contributed by atoms with Crippen molar-refractivity contribution >= 4 is 21.2 Å². The molecule has 21 heavy (non-hydrogen) atoms. The number of nitrogens with zero attached hydrogens (tertiary/aromatic N) is 3. The lowest BCUT2D eigenvalue weighted by atomic mass is 10.3. The minimum atomic E-state index is -4.77. The van der Waals surface area contributed by atoms with Gasteiger partial charge in [0.25, 0.3) is 0 Å². The van der Waals surface area contributed by atoms with Crippen molar-refractivity contribution in [3.05, 3.63) is 28.0 Å². The van der Waals surface area contributed by atoms with Crippen molar-refractivity contribution in [1.29, 1.82) is 0 Å². The molecule has 2 rings (SSSR count). The summed E-state index contributed by atoms with van der Waals surface area (Å²) in [6, 6.07) is 0. The minimum Gasteiger partial charge on any atom is -0.262 e. The summed E-state index contributed by atoms with van der Waals surface area (Å²) in [4.78, 5) is 3.95. The Labute approximate surface area is 123 Å². The number of alkyl halides is 3. The van der Waals surface area contributed by atoms with E-state index < -0.39 is 32.4 Å². The lowest BCUT2D eigenvalue weighted by Crippen LogP contribution is -2.18. The molecular formula is C11H12F3N3O2S2. The van der Waals surface area contributed by atoms with Crippen LogP contribution in [0.1, 0.15) is 16.3 Å². The number of aryl methyl sites for hydroxylation is 3. The molecule has 0 aliphatic carbocycles. The van der Waals surface area contributed by atoms with E-state index in [1.807, 2.05) is 0 Å². The second kappa shape index (κ2) is 5.41. The van der Waals surface area contributed by atoms with E-state index in [-0.39, 0.29) is 6.42 Å². The van der Waals surface area contributed by atoms with Gasteiger partial charge >= 0.3 is 6.18 Å². The highest BCUT2D eigenvalue weighted by molar-refractivity contribution is 7.91. The molecule has 0 fully saturated rings. The molecule has 2 heterocycles. The number of sulfone groups is 1. The highest BCUT2D eigenvalue weighted by Gasteiger charge is 2.41.